The molecule has 1 aromatic rings. The average Bonchev–Trinajstić information content (AvgIpc) is 3.00. The minimum absolute atomic E-state index is 0.0626. The number of nitrogens with two attached hydrogens (primary N) is 1. The first-order valence-corrected chi connectivity index (χ1v) is 7.36. The monoisotopic (exact) mass is 265 g/mol. The van der Waals surface area contributed by atoms with E-state index in [9.17, 15) is 0 Å². The lowest BCUT2D eigenvalue weighted by atomic mass is 10.1. The van der Waals surface area contributed by atoms with E-state index in [0.717, 1.165) is 18.8 Å². The van der Waals surface area contributed by atoms with Crippen molar-refractivity contribution in [3.8, 4) is 0 Å². The highest BCUT2D eigenvalue weighted by Crippen LogP contribution is 2.25. The van der Waals surface area contributed by atoms with Gasteiger partial charge in [0.05, 0.1) is 12.3 Å². The zero-order valence-corrected chi connectivity index (χ0v) is 12.4. The van der Waals surface area contributed by atoms with Gasteiger partial charge < -0.3 is 10.2 Å². The van der Waals surface area contributed by atoms with Gasteiger partial charge in [-0.3, -0.25) is 9.80 Å². The van der Waals surface area contributed by atoms with Gasteiger partial charge in [-0.2, -0.15) is 0 Å². The largest absolute Gasteiger partial charge is 0.468 e. The molecule has 4 nitrogen and oxygen atoms in total. The van der Waals surface area contributed by atoms with Crippen molar-refractivity contribution < 1.29 is 4.42 Å². The number of hydrogen-bond donors (Lipinski definition) is 1. The summed E-state index contributed by atoms with van der Waals surface area (Å²) in [5, 5.41) is 0. The highest BCUT2D eigenvalue weighted by molar-refractivity contribution is 5.07. The third-order valence-corrected chi connectivity index (χ3v) is 4.21. The van der Waals surface area contributed by atoms with Gasteiger partial charge in [0.2, 0.25) is 0 Å². The Morgan fingerprint density at radius 1 is 1.58 bits per heavy atom. The molecule has 0 bridgehead atoms. The van der Waals surface area contributed by atoms with Crippen LogP contribution in [0.5, 0.6) is 0 Å². The maximum absolute atomic E-state index is 6.15. The second-order valence-electron chi connectivity index (χ2n) is 5.68. The highest BCUT2D eigenvalue weighted by Gasteiger charge is 2.29. The third-order valence-electron chi connectivity index (χ3n) is 4.21. The van der Waals surface area contributed by atoms with Crippen LogP contribution in [0.1, 0.15) is 38.5 Å². The fourth-order valence-electron chi connectivity index (χ4n) is 3.30. The topological polar surface area (TPSA) is 45.6 Å². The molecule has 3 unspecified atom stereocenters. The van der Waals surface area contributed by atoms with Crippen LogP contribution in [0.4, 0.5) is 0 Å². The Kier molecular flexibility index (Phi) is 5.02. The van der Waals surface area contributed by atoms with E-state index in [4.69, 9.17) is 10.2 Å². The molecule has 0 aromatic carbocycles. The van der Waals surface area contributed by atoms with E-state index in [-0.39, 0.29) is 12.1 Å². The molecule has 0 spiro atoms. The minimum atomic E-state index is 0.0626. The maximum Gasteiger partial charge on any atom is 0.122 e. The zero-order valence-electron chi connectivity index (χ0n) is 12.4. The van der Waals surface area contributed by atoms with Crippen molar-refractivity contribution in [3.63, 3.8) is 0 Å². The molecule has 0 radical (unpaired) electrons. The van der Waals surface area contributed by atoms with Crippen molar-refractivity contribution in [2.75, 3.05) is 26.7 Å². The van der Waals surface area contributed by atoms with Crippen LogP contribution in [-0.2, 0) is 0 Å². The molecule has 1 aromatic heterocycles. The summed E-state index contributed by atoms with van der Waals surface area (Å²) in [5.41, 5.74) is 6.15. The van der Waals surface area contributed by atoms with E-state index in [1.54, 1.807) is 6.26 Å². The van der Waals surface area contributed by atoms with Crippen LogP contribution in [-0.4, -0.2) is 48.6 Å². The molecule has 2 heterocycles. The quantitative estimate of drug-likeness (QED) is 0.855. The number of rotatable bonds is 6. The number of likely N-dealkylation sites (N-methyl/N-ethyl adjacent to an activating group) is 2. The van der Waals surface area contributed by atoms with E-state index in [1.165, 1.54) is 19.4 Å². The summed E-state index contributed by atoms with van der Waals surface area (Å²) in [4.78, 5) is 4.92. The first-order valence-electron chi connectivity index (χ1n) is 7.36. The summed E-state index contributed by atoms with van der Waals surface area (Å²) < 4.78 is 5.56. The first kappa shape index (κ1) is 14.6. The molecule has 1 aliphatic heterocycles. The molecule has 19 heavy (non-hydrogen) atoms. The van der Waals surface area contributed by atoms with Crippen molar-refractivity contribution in [2.45, 2.75) is 44.8 Å². The van der Waals surface area contributed by atoms with Gasteiger partial charge in [0, 0.05) is 18.6 Å². The molecule has 1 saturated heterocycles. The van der Waals surface area contributed by atoms with E-state index in [0.29, 0.717) is 6.04 Å². The molecule has 0 aliphatic carbocycles. The van der Waals surface area contributed by atoms with Gasteiger partial charge in [-0.25, -0.2) is 0 Å². The van der Waals surface area contributed by atoms with Crippen molar-refractivity contribution in [1.82, 2.24) is 9.80 Å². The van der Waals surface area contributed by atoms with Gasteiger partial charge in [-0.1, -0.05) is 6.92 Å². The summed E-state index contributed by atoms with van der Waals surface area (Å²) >= 11 is 0. The second-order valence-corrected chi connectivity index (χ2v) is 5.68. The molecular formula is C15H27N3O. The molecule has 1 fully saturated rings. The lowest BCUT2D eigenvalue weighted by Crippen LogP contribution is -2.44. The Morgan fingerprint density at radius 3 is 2.95 bits per heavy atom. The van der Waals surface area contributed by atoms with Gasteiger partial charge in [-0.15, -0.1) is 0 Å². The van der Waals surface area contributed by atoms with Crippen molar-refractivity contribution in [1.29, 1.82) is 0 Å². The van der Waals surface area contributed by atoms with E-state index < -0.39 is 0 Å². The van der Waals surface area contributed by atoms with Gasteiger partial charge in [0.15, 0.2) is 0 Å². The summed E-state index contributed by atoms with van der Waals surface area (Å²) in [6, 6.07) is 4.84. The smallest absolute Gasteiger partial charge is 0.122 e. The number of likely N-dealkylation sites (tertiary alicyclic amines) is 1. The second kappa shape index (κ2) is 6.55. The Bertz CT molecular complexity index is 363. The average molecular weight is 265 g/mol. The molecule has 1 aliphatic rings. The van der Waals surface area contributed by atoms with Crippen LogP contribution in [0.2, 0.25) is 0 Å². The lowest BCUT2D eigenvalue weighted by Gasteiger charge is -2.34. The number of hydrogen-bond acceptors (Lipinski definition) is 4. The molecule has 3 atom stereocenters. The van der Waals surface area contributed by atoms with Crippen LogP contribution < -0.4 is 5.73 Å². The highest BCUT2D eigenvalue weighted by atomic mass is 16.3. The van der Waals surface area contributed by atoms with Crippen LogP contribution in [0.15, 0.2) is 22.8 Å². The van der Waals surface area contributed by atoms with Crippen LogP contribution >= 0.6 is 0 Å². The minimum Gasteiger partial charge on any atom is -0.468 e. The Balaban J connectivity index is 2.02. The van der Waals surface area contributed by atoms with Gasteiger partial charge in [0.1, 0.15) is 5.76 Å². The molecule has 2 N–H and O–H groups in total. The molecule has 4 heteroatoms. The normalized spacial score (nSPS) is 23.9. The zero-order chi connectivity index (χ0) is 13.8. The van der Waals surface area contributed by atoms with Gasteiger partial charge >= 0.3 is 0 Å². The lowest BCUT2D eigenvalue weighted by molar-refractivity contribution is 0.138. The standard InChI is InChI=1S/C15H27N3O/c1-4-18-9-5-7-13(18)11-17(3)15(12(2)16)14-8-6-10-19-14/h6,8,10,12-13,15H,4-5,7,9,11,16H2,1-3H3. The molecule has 2 rings (SSSR count). The molecular weight excluding hydrogens is 238 g/mol. The Morgan fingerprint density at radius 2 is 2.37 bits per heavy atom. The van der Waals surface area contributed by atoms with E-state index >= 15 is 0 Å². The molecule has 0 amide bonds. The van der Waals surface area contributed by atoms with Crippen molar-refractivity contribution in [2.24, 2.45) is 5.73 Å². The molecule has 108 valence electrons. The van der Waals surface area contributed by atoms with Crippen LogP contribution in [0.3, 0.4) is 0 Å². The Hall–Kier alpha value is -0.840. The van der Waals surface area contributed by atoms with E-state index in [2.05, 4.69) is 30.7 Å². The summed E-state index contributed by atoms with van der Waals surface area (Å²) in [6.07, 6.45) is 4.34. The summed E-state index contributed by atoms with van der Waals surface area (Å²) in [5.74, 6) is 0.971. The first-order chi connectivity index (χ1) is 9.13. The van der Waals surface area contributed by atoms with E-state index in [1.807, 2.05) is 12.1 Å². The fraction of sp³-hybridized carbons (Fsp3) is 0.733. The van der Waals surface area contributed by atoms with Crippen LogP contribution in [0.25, 0.3) is 0 Å². The predicted molar refractivity (Wildman–Crippen MR) is 78.0 cm³/mol. The summed E-state index contributed by atoms with van der Waals surface area (Å²) in [7, 11) is 2.16. The third kappa shape index (κ3) is 3.38. The van der Waals surface area contributed by atoms with Crippen LogP contribution in [0, 0.1) is 0 Å². The number of nitrogens with zero attached hydrogens (tertiary/aromatic N) is 2. The Labute approximate surface area is 116 Å². The number of furan rings is 1. The fourth-order valence-corrected chi connectivity index (χ4v) is 3.30. The van der Waals surface area contributed by atoms with Gasteiger partial charge in [-0.05, 0) is 52.0 Å². The van der Waals surface area contributed by atoms with Gasteiger partial charge in [0.25, 0.3) is 0 Å². The molecule has 0 saturated carbocycles. The predicted octanol–water partition coefficient (Wildman–Crippen LogP) is 2.08. The summed E-state index contributed by atoms with van der Waals surface area (Å²) in [6.45, 7) is 7.73. The van der Waals surface area contributed by atoms with Crippen molar-refractivity contribution >= 4 is 0 Å². The maximum atomic E-state index is 6.15. The SMILES string of the molecule is CCN1CCCC1CN(C)C(c1ccco1)C(C)N. The van der Waals surface area contributed by atoms with Crippen molar-refractivity contribution in [3.05, 3.63) is 24.2 Å².